The number of aliphatic hydroxyl groups excluding tert-OH is 1. The summed E-state index contributed by atoms with van der Waals surface area (Å²) in [6.45, 7) is 2.25. The molecule has 0 fully saturated rings. The zero-order valence-corrected chi connectivity index (χ0v) is 11.8. The van der Waals surface area contributed by atoms with Crippen molar-refractivity contribution in [3.8, 4) is 0 Å². The van der Waals surface area contributed by atoms with E-state index >= 15 is 0 Å². The number of carbonyl (C=O) groups is 1. The lowest BCUT2D eigenvalue weighted by molar-refractivity contribution is 0.187. The largest absolute Gasteiger partial charge is 0.395 e. The van der Waals surface area contributed by atoms with Crippen molar-refractivity contribution in [1.82, 2.24) is 4.90 Å². The summed E-state index contributed by atoms with van der Waals surface area (Å²) in [6, 6.07) is 0.300. The van der Waals surface area contributed by atoms with Crippen molar-refractivity contribution in [2.24, 2.45) is 0 Å². The van der Waals surface area contributed by atoms with Crippen molar-refractivity contribution in [2.45, 2.75) is 26.2 Å². The fourth-order valence-electron chi connectivity index (χ4n) is 1.80. The predicted octanol–water partition coefficient (Wildman–Crippen LogP) is 3.12. The lowest BCUT2D eigenvalue weighted by Crippen LogP contribution is -2.38. The Kier molecular flexibility index (Phi) is 7.01. The van der Waals surface area contributed by atoms with E-state index in [1.807, 2.05) is 6.92 Å². The summed E-state index contributed by atoms with van der Waals surface area (Å²) in [4.78, 5) is 13.3. The number of amides is 2. The molecule has 0 heterocycles. The monoisotopic (exact) mass is 304 g/mol. The van der Waals surface area contributed by atoms with Crippen LogP contribution in [0.15, 0.2) is 12.1 Å². The van der Waals surface area contributed by atoms with E-state index in [1.165, 1.54) is 4.90 Å². The quantitative estimate of drug-likeness (QED) is 0.600. The van der Waals surface area contributed by atoms with Gasteiger partial charge in [0.25, 0.3) is 0 Å². The molecule has 0 aliphatic rings. The highest BCUT2D eigenvalue weighted by atomic mass is 19.2. The number of urea groups is 1. The maximum atomic E-state index is 13.5. The molecule has 0 aliphatic carbocycles. The van der Waals surface area contributed by atoms with Crippen LogP contribution in [0.2, 0.25) is 0 Å². The molecule has 21 heavy (non-hydrogen) atoms. The van der Waals surface area contributed by atoms with Crippen molar-refractivity contribution in [3.05, 3.63) is 29.6 Å². The molecule has 1 aromatic rings. The van der Waals surface area contributed by atoms with Gasteiger partial charge < -0.3 is 15.3 Å². The number of benzene rings is 1. The lowest BCUT2D eigenvalue weighted by atomic mass is 10.2. The Bertz CT molecular complexity index is 484. The topological polar surface area (TPSA) is 52.6 Å². The molecule has 2 N–H and O–H groups in total. The number of hydrogen-bond donors (Lipinski definition) is 2. The van der Waals surface area contributed by atoms with Crippen molar-refractivity contribution in [2.75, 3.05) is 25.0 Å². The summed E-state index contributed by atoms with van der Waals surface area (Å²) in [5, 5.41) is 11.1. The molecule has 0 radical (unpaired) electrons. The molecule has 1 rings (SSSR count). The SMILES string of the molecule is CCCCCN(CCO)C(=O)Nc1cc(F)c(F)cc1F. The normalized spacial score (nSPS) is 10.5. The predicted molar refractivity (Wildman–Crippen MR) is 73.5 cm³/mol. The van der Waals surface area contributed by atoms with Gasteiger partial charge in [-0.1, -0.05) is 19.8 Å². The van der Waals surface area contributed by atoms with Crippen molar-refractivity contribution in [3.63, 3.8) is 0 Å². The van der Waals surface area contributed by atoms with Crippen molar-refractivity contribution >= 4 is 11.7 Å². The Morgan fingerprint density at radius 3 is 2.43 bits per heavy atom. The first kappa shape index (κ1) is 17.3. The number of aliphatic hydroxyl groups is 1. The summed E-state index contributed by atoms with van der Waals surface area (Å²) in [6.07, 6.45) is 2.62. The van der Waals surface area contributed by atoms with E-state index in [-0.39, 0.29) is 13.2 Å². The van der Waals surface area contributed by atoms with E-state index in [0.29, 0.717) is 18.7 Å². The number of hydrogen-bond acceptors (Lipinski definition) is 2. The average Bonchev–Trinajstić information content (AvgIpc) is 2.44. The van der Waals surface area contributed by atoms with Gasteiger partial charge in [0.1, 0.15) is 5.82 Å². The van der Waals surface area contributed by atoms with Crippen LogP contribution in [0.3, 0.4) is 0 Å². The second kappa shape index (κ2) is 8.51. The molecule has 0 saturated carbocycles. The fourth-order valence-corrected chi connectivity index (χ4v) is 1.80. The van der Waals surface area contributed by atoms with Gasteiger partial charge in [-0.3, -0.25) is 0 Å². The third kappa shape index (κ3) is 5.26. The first-order valence-corrected chi connectivity index (χ1v) is 6.81. The molecule has 0 aromatic heterocycles. The molecule has 0 unspecified atom stereocenters. The Balaban J connectivity index is 2.74. The van der Waals surface area contributed by atoms with Crippen LogP contribution in [-0.4, -0.2) is 35.7 Å². The van der Waals surface area contributed by atoms with Gasteiger partial charge in [0.15, 0.2) is 11.6 Å². The highest BCUT2D eigenvalue weighted by molar-refractivity contribution is 5.89. The Morgan fingerprint density at radius 2 is 1.81 bits per heavy atom. The minimum absolute atomic E-state index is 0.0842. The van der Waals surface area contributed by atoms with Gasteiger partial charge in [-0.15, -0.1) is 0 Å². The van der Waals surface area contributed by atoms with E-state index in [4.69, 9.17) is 5.11 Å². The second-order valence-electron chi connectivity index (χ2n) is 4.59. The van der Waals surface area contributed by atoms with Crippen LogP contribution >= 0.6 is 0 Å². The molecule has 2 amide bonds. The zero-order valence-electron chi connectivity index (χ0n) is 11.8. The van der Waals surface area contributed by atoms with Crippen LogP contribution in [0.5, 0.6) is 0 Å². The number of carbonyl (C=O) groups excluding carboxylic acids is 1. The maximum Gasteiger partial charge on any atom is 0.322 e. The molecule has 118 valence electrons. The van der Waals surface area contributed by atoms with Gasteiger partial charge in [0.05, 0.1) is 12.3 Å². The van der Waals surface area contributed by atoms with Crippen LogP contribution in [0.4, 0.5) is 23.7 Å². The van der Waals surface area contributed by atoms with E-state index in [2.05, 4.69) is 5.32 Å². The number of rotatable bonds is 7. The first-order chi connectivity index (χ1) is 9.99. The Morgan fingerprint density at radius 1 is 1.14 bits per heavy atom. The molecule has 4 nitrogen and oxygen atoms in total. The maximum absolute atomic E-state index is 13.5. The van der Waals surface area contributed by atoms with E-state index in [9.17, 15) is 18.0 Å². The highest BCUT2D eigenvalue weighted by Crippen LogP contribution is 2.19. The van der Waals surface area contributed by atoms with Gasteiger partial charge >= 0.3 is 6.03 Å². The fraction of sp³-hybridized carbons (Fsp3) is 0.500. The summed E-state index contributed by atoms with van der Waals surface area (Å²) < 4.78 is 39.3. The van der Waals surface area contributed by atoms with Gasteiger partial charge in [-0.25, -0.2) is 18.0 Å². The molecule has 7 heteroatoms. The van der Waals surface area contributed by atoms with Crippen molar-refractivity contribution < 1.29 is 23.1 Å². The molecule has 0 spiro atoms. The molecule has 0 bridgehead atoms. The van der Waals surface area contributed by atoms with Crippen LogP contribution < -0.4 is 5.32 Å². The molecule has 0 aliphatic heterocycles. The standard InChI is InChI=1S/C14H19F3N2O2/c1-2-3-4-5-19(6-7-20)14(21)18-13-9-11(16)10(15)8-12(13)17/h8-9,20H,2-7H2,1H3,(H,18,21). The molecule has 0 saturated heterocycles. The number of nitrogens with zero attached hydrogens (tertiary/aromatic N) is 1. The third-order valence-corrected chi connectivity index (χ3v) is 2.94. The molecular formula is C14H19F3N2O2. The molecule has 0 atom stereocenters. The number of anilines is 1. The molecular weight excluding hydrogens is 285 g/mol. The summed E-state index contributed by atoms with van der Waals surface area (Å²) in [5.74, 6) is -3.62. The summed E-state index contributed by atoms with van der Waals surface area (Å²) in [7, 11) is 0. The smallest absolute Gasteiger partial charge is 0.322 e. The lowest BCUT2D eigenvalue weighted by Gasteiger charge is -2.22. The van der Waals surface area contributed by atoms with Gasteiger partial charge in [-0.05, 0) is 6.42 Å². The first-order valence-electron chi connectivity index (χ1n) is 6.81. The minimum atomic E-state index is -1.32. The Hall–Kier alpha value is -1.76. The highest BCUT2D eigenvalue weighted by Gasteiger charge is 2.16. The van der Waals surface area contributed by atoms with Crippen LogP contribution in [-0.2, 0) is 0 Å². The van der Waals surface area contributed by atoms with Crippen LogP contribution in [0, 0.1) is 17.5 Å². The van der Waals surface area contributed by atoms with Crippen LogP contribution in [0.1, 0.15) is 26.2 Å². The third-order valence-electron chi connectivity index (χ3n) is 2.94. The van der Waals surface area contributed by atoms with Crippen LogP contribution in [0.25, 0.3) is 0 Å². The number of nitrogens with one attached hydrogen (secondary N) is 1. The number of halogens is 3. The van der Waals surface area contributed by atoms with Gasteiger partial charge in [0, 0.05) is 25.2 Å². The number of unbranched alkanes of at least 4 members (excludes halogenated alkanes) is 2. The summed E-state index contributed by atoms with van der Waals surface area (Å²) in [5.41, 5.74) is -0.433. The second-order valence-corrected chi connectivity index (χ2v) is 4.59. The van der Waals surface area contributed by atoms with E-state index < -0.39 is 29.2 Å². The summed E-state index contributed by atoms with van der Waals surface area (Å²) >= 11 is 0. The van der Waals surface area contributed by atoms with Crippen molar-refractivity contribution in [1.29, 1.82) is 0 Å². The van der Waals surface area contributed by atoms with Gasteiger partial charge in [-0.2, -0.15) is 0 Å². The Labute approximate surface area is 121 Å². The molecule has 1 aromatic carbocycles. The minimum Gasteiger partial charge on any atom is -0.395 e. The van der Waals surface area contributed by atoms with E-state index in [1.54, 1.807) is 0 Å². The van der Waals surface area contributed by atoms with Gasteiger partial charge in [0.2, 0.25) is 0 Å². The zero-order chi connectivity index (χ0) is 15.8. The average molecular weight is 304 g/mol. The van der Waals surface area contributed by atoms with E-state index in [0.717, 1.165) is 19.3 Å².